The van der Waals surface area contributed by atoms with E-state index in [1.807, 2.05) is 4.90 Å². The minimum Gasteiger partial charge on any atom is -0.494 e. The van der Waals surface area contributed by atoms with Gasteiger partial charge in [-0.05, 0) is 37.5 Å². The molecule has 1 amide bonds. The smallest absolute Gasteiger partial charge is 0.261 e. The van der Waals surface area contributed by atoms with Crippen LogP contribution in [-0.2, 0) is 0 Å². The van der Waals surface area contributed by atoms with Crippen LogP contribution in [0.5, 0.6) is 5.75 Å². The second kappa shape index (κ2) is 7.13. The molecule has 3 rings (SSSR count). The van der Waals surface area contributed by atoms with Gasteiger partial charge in [0.15, 0.2) is 23.1 Å². The molecule has 7 heteroatoms. The quantitative estimate of drug-likeness (QED) is 0.850. The van der Waals surface area contributed by atoms with Gasteiger partial charge in [0.1, 0.15) is 5.56 Å². The van der Waals surface area contributed by atoms with Crippen LogP contribution in [0.3, 0.4) is 0 Å². The van der Waals surface area contributed by atoms with Crippen molar-refractivity contribution in [3.05, 3.63) is 29.6 Å². The number of methoxy groups -OCH3 is 1. The van der Waals surface area contributed by atoms with E-state index in [1.165, 1.54) is 19.2 Å². The number of piperidine rings is 1. The highest BCUT2D eigenvalue weighted by atomic mass is 19.1. The van der Waals surface area contributed by atoms with Crippen molar-refractivity contribution in [1.29, 1.82) is 0 Å². The molecule has 0 saturated carbocycles. The molecule has 0 aliphatic carbocycles. The Morgan fingerprint density at radius 1 is 1.28 bits per heavy atom. The van der Waals surface area contributed by atoms with Crippen LogP contribution in [0.4, 0.5) is 10.2 Å². The molecule has 0 unspecified atom stereocenters. The molecule has 1 aliphatic rings. The molecule has 25 heavy (non-hydrogen) atoms. The normalized spacial score (nSPS) is 14.5. The summed E-state index contributed by atoms with van der Waals surface area (Å²) in [7, 11) is 5.01. The third kappa shape index (κ3) is 3.31. The monoisotopic (exact) mass is 347 g/mol. The van der Waals surface area contributed by atoms with E-state index >= 15 is 0 Å². The maximum absolute atomic E-state index is 13.7. The lowest BCUT2D eigenvalue weighted by Crippen LogP contribution is -2.36. The van der Waals surface area contributed by atoms with Gasteiger partial charge in [0.05, 0.1) is 7.11 Å². The summed E-state index contributed by atoms with van der Waals surface area (Å²) in [5.41, 5.74) is 0.958. The molecule has 1 aromatic carbocycles. The number of rotatable bonds is 4. The number of carbonyl (C=O) groups is 1. The van der Waals surface area contributed by atoms with E-state index in [0.717, 1.165) is 32.4 Å². The molecule has 0 bridgehead atoms. The van der Waals surface area contributed by atoms with E-state index < -0.39 is 5.82 Å². The van der Waals surface area contributed by atoms with Crippen LogP contribution in [0.1, 0.15) is 29.6 Å². The van der Waals surface area contributed by atoms with Gasteiger partial charge in [-0.3, -0.25) is 4.79 Å². The summed E-state index contributed by atoms with van der Waals surface area (Å²) in [6, 6.07) is 4.37. The lowest BCUT2D eigenvalue weighted by Gasteiger charge is -2.27. The number of amides is 1. The van der Waals surface area contributed by atoms with Crippen LogP contribution >= 0.6 is 0 Å². The molecule has 0 atom stereocenters. The van der Waals surface area contributed by atoms with Crippen LogP contribution in [0.2, 0.25) is 0 Å². The number of carbonyl (C=O) groups excluding carboxylic acids is 1. The number of likely N-dealkylation sites (tertiary alicyclic amines) is 1. The molecule has 1 aromatic heterocycles. The molecule has 0 spiro atoms. The van der Waals surface area contributed by atoms with Gasteiger partial charge >= 0.3 is 0 Å². The molecule has 0 radical (unpaired) electrons. The second-order valence-corrected chi connectivity index (χ2v) is 6.31. The van der Waals surface area contributed by atoms with Crippen molar-refractivity contribution in [3.8, 4) is 17.1 Å². The predicted octanol–water partition coefficient (Wildman–Crippen LogP) is 3.18. The van der Waals surface area contributed by atoms with Crippen molar-refractivity contribution in [2.45, 2.75) is 19.3 Å². The molecule has 1 aliphatic heterocycles. The zero-order valence-corrected chi connectivity index (χ0v) is 14.7. The minimum atomic E-state index is -0.470. The Kier molecular flexibility index (Phi) is 4.92. The van der Waals surface area contributed by atoms with E-state index in [1.54, 1.807) is 25.1 Å². The molecule has 2 aromatic rings. The fourth-order valence-corrected chi connectivity index (χ4v) is 3.03. The third-order valence-electron chi connectivity index (χ3n) is 4.37. The van der Waals surface area contributed by atoms with E-state index in [0.29, 0.717) is 22.7 Å². The van der Waals surface area contributed by atoms with E-state index in [2.05, 4.69) is 5.16 Å². The lowest BCUT2D eigenvalue weighted by molar-refractivity contribution is 0.0725. The summed E-state index contributed by atoms with van der Waals surface area (Å²) in [5, 5.41) is 4.05. The average Bonchev–Trinajstić information content (AvgIpc) is 3.07. The molecular formula is C18H22FN3O3. The highest BCUT2D eigenvalue weighted by Crippen LogP contribution is 2.34. The predicted molar refractivity (Wildman–Crippen MR) is 92.5 cm³/mol. The Balaban J connectivity index is 2.07. The van der Waals surface area contributed by atoms with Crippen LogP contribution in [0, 0.1) is 5.82 Å². The van der Waals surface area contributed by atoms with E-state index in [9.17, 15) is 9.18 Å². The van der Waals surface area contributed by atoms with Crippen molar-refractivity contribution in [1.82, 2.24) is 10.1 Å². The van der Waals surface area contributed by atoms with Crippen molar-refractivity contribution in [2.24, 2.45) is 0 Å². The van der Waals surface area contributed by atoms with Gasteiger partial charge in [0.25, 0.3) is 5.91 Å². The molecule has 1 fully saturated rings. The Morgan fingerprint density at radius 3 is 2.64 bits per heavy atom. The van der Waals surface area contributed by atoms with E-state index in [-0.39, 0.29) is 11.7 Å². The van der Waals surface area contributed by atoms with Gasteiger partial charge in [0.2, 0.25) is 0 Å². The van der Waals surface area contributed by atoms with Crippen LogP contribution in [0.25, 0.3) is 11.3 Å². The van der Waals surface area contributed by atoms with Crippen molar-refractivity contribution in [2.75, 3.05) is 39.2 Å². The number of halogens is 1. The van der Waals surface area contributed by atoms with Gasteiger partial charge < -0.3 is 19.1 Å². The maximum Gasteiger partial charge on any atom is 0.261 e. The molecule has 6 nitrogen and oxygen atoms in total. The summed E-state index contributed by atoms with van der Waals surface area (Å²) in [6.07, 6.45) is 3.12. The summed E-state index contributed by atoms with van der Waals surface area (Å²) in [4.78, 5) is 16.7. The Bertz CT molecular complexity index is 767. The maximum atomic E-state index is 13.7. The second-order valence-electron chi connectivity index (χ2n) is 6.31. The van der Waals surface area contributed by atoms with Crippen molar-refractivity contribution >= 4 is 11.7 Å². The zero-order valence-electron chi connectivity index (χ0n) is 14.7. The first kappa shape index (κ1) is 17.3. The van der Waals surface area contributed by atoms with E-state index in [4.69, 9.17) is 9.26 Å². The first-order valence-corrected chi connectivity index (χ1v) is 8.33. The number of ether oxygens (including phenoxy) is 1. The summed E-state index contributed by atoms with van der Waals surface area (Å²) >= 11 is 0. The summed E-state index contributed by atoms with van der Waals surface area (Å²) in [6.45, 7) is 1.45. The molecular weight excluding hydrogens is 325 g/mol. The first-order chi connectivity index (χ1) is 12.0. The van der Waals surface area contributed by atoms with Gasteiger partial charge in [-0.15, -0.1) is 0 Å². The Morgan fingerprint density at radius 2 is 2.00 bits per heavy atom. The highest BCUT2D eigenvalue weighted by Gasteiger charge is 2.30. The Hall–Kier alpha value is -2.57. The highest BCUT2D eigenvalue weighted by molar-refractivity contribution is 6.04. The zero-order chi connectivity index (χ0) is 18.0. The minimum absolute atomic E-state index is 0.0941. The number of anilines is 1. The number of nitrogens with zero attached hydrogens (tertiary/aromatic N) is 3. The average molecular weight is 347 g/mol. The summed E-state index contributed by atoms with van der Waals surface area (Å²) in [5.74, 6) is 0.313. The number of benzene rings is 1. The number of hydrogen-bond donors (Lipinski definition) is 0. The lowest BCUT2D eigenvalue weighted by atomic mass is 10.0. The fourth-order valence-electron chi connectivity index (χ4n) is 3.03. The number of aromatic nitrogens is 1. The largest absolute Gasteiger partial charge is 0.494 e. The molecule has 1 saturated heterocycles. The SMILES string of the molecule is COc1cc(-c2onc(N(C)C)c2C(=O)N2CCCCC2)ccc1F. The van der Waals surface area contributed by atoms with Crippen molar-refractivity contribution < 1.29 is 18.4 Å². The molecule has 134 valence electrons. The first-order valence-electron chi connectivity index (χ1n) is 8.33. The van der Waals surface area contributed by atoms with Gasteiger partial charge in [-0.25, -0.2) is 4.39 Å². The van der Waals surface area contributed by atoms with Crippen LogP contribution in [-0.4, -0.2) is 50.3 Å². The van der Waals surface area contributed by atoms with Crippen LogP contribution < -0.4 is 9.64 Å². The standard InChI is InChI=1S/C18H22FN3O3/c1-21(2)17-15(18(23)22-9-5-4-6-10-22)16(25-20-17)12-7-8-13(19)14(11-12)24-3/h7-8,11H,4-6,9-10H2,1-3H3. The molecule has 0 N–H and O–H groups in total. The Labute approximate surface area is 146 Å². The summed E-state index contributed by atoms with van der Waals surface area (Å²) < 4.78 is 24.2. The van der Waals surface area contributed by atoms with Gasteiger partial charge in [0, 0.05) is 32.7 Å². The third-order valence-corrected chi connectivity index (χ3v) is 4.37. The fraction of sp³-hybridized carbons (Fsp3) is 0.444. The van der Waals surface area contributed by atoms with Gasteiger partial charge in [-0.1, -0.05) is 5.16 Å². The topological polar surface area (TPSA) is 58.8 Å². The van der Waals surface area contributed by atoms with Gasteiger partial charge in [-0.2, -0.15) is 0 Å². The number of hydrogen-bond acceptors (Lipinski definition) is 5. The molecule has 2 heterocycles. The van der Waals surface area contributed by atoms with Crippen molar-refractivity contribution in [3.63, 3.8) is 0 Å². The van der Waals surface area contributed by atoms with Crippen LogP contribution in [0.15, 0.2) is 22.7 Å².